The number of piperazine rings is 1. The third kappa shape index (κ3) is 5.27. The predicted octanol–water partition coefficient (Wildman–Crippen LogP) is 3.82. The zero-order chi connectivity index (χ0) is 20.2. The molecule has 6 nitrogen and oxygen atoms in total. The first kappa shape index (κ1) is 20.6. The molecule has 1 amide bonds. The Kier molecular flexibility index (Phi) is 6.67. The van der Waals surface area contributed by atoms with Gasteiger partial charge >= 0.3 is 0 Å². The Balaban J connectivity index is 1.37. The number of carbonyl (C=O) groups is 1. The molecule has 0 atom stereocenters. The number of amides is 1. The first-order valence-electron chi connectivity index (χ1n) is 9.79. The Bertz CT molecular complexity index is 870. The van der Waals surface area contributed by atoms with Crippen molar-refractivity contribution >= 4 is 52.4 Å². The quantitative estimate of drug-likeness (QED) is 0.391. The Morgan fingerprint density at radius 2 is 1.69 bits per heavy atom. The van der Waals surface area contributed by atoms with Crippen LogP contribution in [0.4, 0.5) is 11.5 Å². The molecule has 0 aliphatic carbocycles. The molecule has 0 N–H and O–H groups in total. The van der Waals surface area contributed by atoms with Gasteiger partial charge in [-0.1, -0.05) is 41.0 Å². The van der Waals surface area contributed by atoms with Crippen LogP contribution in [-0.2, 0) is 4.79 Å². The zero-order valence-electron chi connectivity index (χ0n) is 16.1. The largest absolute Gasteiger partial charge is 0.368 e. The van der Waals surface area contributed by atoms with Gasteiger partial charge in [-0.25, -0.2) is 9.97 Å². The van der Waals surface area contributed by atoms with E-state index in [4.69, 9.17) is 23.2 Å². The standard InChI is InChI=1S/C20H23Cl2N5OS/c21-15-4-3-5-16(12-15)25-8-10-26(11-9-25)18-13-17(22)23-20(24-18)29-14-19(28)27-6-1-2-7-27/h3-5,12-13H,1-2,6-11,14H2. The zero-order valence-corrected chi connectivity index (χ0v) is 18.4. The highest BCUT2D eigenvalue weighted by atomic mass is 35.5. The molecule has 0 spiro atoms. The van der Waals surface area contributed by atoms with Gasteiger partial charge in [0.05, 0.1) is 5.75 Å². The van der Waals surface area contributed by atoms with Crippen LogP contribution >= 0.6 is 35.0 Å². The molecule has 1 aromatic carbocycles. The summed E-state index contributed by atoms with van der Waals surface area (Å²) >= 11 is 13.7. The van der Waals surface area contributed by atoms with E-state index in [1.807, 2.05) is 23.1 Å². The Morgan fingerprint density at radius 1 is 0.966 bits per heavy atom. The van der Waals surface area contributed by atoms with E-state index < -0.39 is 0 Å². The van der Waals surface area contributed by atoms with Crippen molar-refractivity contribution < 1.29 is 4.79 Å². The maximum absolute atomic E-state index is 12.3. The lowest BCUT2D eigenvalue weighted by Gasteiger charge is -2.36. The SMILES string of the molecule is O=C(CSc1nc(Cl)cc(N2CCN(c3cccc(Cl)c3)CC2)n1)N1CCCC1. The van der Waals surface area contributed by atoms with Crippen molar-refractivity contribution in [2.75, 3.05) is 54.8 Å². The molecule has 0 bridgehead atoms. The van der Waals surface area contributed by atoms with Crippen LogP contribution in [0.2, 0.25) is 10.2 Å². The summed E-state index contributed by atoms with van der Waals surface area (Å²) in [4.78, 5) is 27.7. The van der Waals surface area contributed by atoms with Gasteiger partial charge in [0.1, 0.15) is 11.0 Å². The molecule has 29 heavy (non-hydrogen) atoms. The van der Waals surface area contributed by atoms with Gasteiger partial charge in [-0.05, 0) is 31.0 Å². The summed E-state index contributed by atoms with van der Waals surface area (Å²) in [6.45, 7) is 5.12. The number of aromatic nitrogens is 2. The normalized spacial score (nSPS) is 17.1. The molecule has 2 aliphatic rings. The summed E-state index contributed by atoms with van der Waals surface area (Å²) in [7, 11) is 0. The summed E-state index contributed by atoms with van der Waals surface area (Å²) < 4.78 is 0. The lowest BCUT2D eigenvalue weighted by molar-refractivity contribution is -0.127. The number of rotatable bonds is 5. The highest BCUT2D eigenvalue weighted by Crippen LogP contribution is 2.25. The number of anilines is 2. The fraction of sp³-hybridized carbons (Fsp3) is 0.450. The minimum absolute atomic E-state index is 0.146. The van der Waals surface area contributed by atoms with Crippen molar-refractivity contribution in [1.82, 2.24) is 14.9 Å². The highest BCUT2D eigenvalue weighted by Gasteiger charge is 2.21. The number of carbonyl (C=O) groups excluding carboxylic acids is 1. The number of likely N-dealkylation sites (tertiary alicyclic amines) is 1. The molecule has 2 fully saturated rings. The molecule has 0 radical (unpaired) electrons. The monoisotopic (exact) mass is 451 g/mol. The highest BCUT2D eigenvalue weighted by molar-refractivity contribution is 7.99. The summed E-state index contributed by atoms with van der Waals surface area (Å²) in [5.41, 5.74) is 1.13. The van der Waals surface area contributed by atoms with Gasteiger partial charge in [0.2, 0.25) is 5.91 Å². The molecule has 2 saturated heterocycles. The minimum atomic E-state index is 0.146. The number of nitrogens with zero attached hydrogens (tertiary/aromatic N) is 5. The van der Waals surface area contributed by atoms with Gasteiger partial charge < -0.3 is 14.7 Å². The average molecular weight is 452 g/mol. The third-order valence-corrected chi connectivity index (χ3v) is 6.48. The summed E-state index contributed by atoms with van der Waals surface area (Å²) in [6.07, 6.45) is 2.19. The lowest BCUT2D eigenvalue weighted by Crippen LogP contribution is -2.46. The number of hydrogen-bond acceptors (Lipinski definition) is 6. The molecule has 1 aromatic heterocycles. The molecule has 3 heterocycles. The van der Waals surface area contributed by atoms with E-state index in [0.29, 0.717) is 16.1 Å². The fourth-order valence-electron chi connectivity index (χ4n) is 3.66. The van der Waals surface area contributed by atoms with Crippen molar-refractivity contribution in [1.29, 1.82) is 0 Å². The third-order valence-electron chi connectivity index (χ3n) is 5.22. The molecule has 2 aliphatic heterocycles. The van der Waals surface area contributed by atoms with E-state index >= 15 is 0 Å². The van der Waals surface area contributed by atoms with Crippen molar-refractivity contribution in [3.63, 3.8) is 0 Å². The molecule has 9 heteroatoms. The number of hydrogen-bond donors (Lipinski definition) is 0. The van der Waals surface area contributed by atoms with Gasteiger partial charge in [-0.15, -0.1) is 0 Å². The van der Waals surface area contributed by atoms with Gasteiger partial charge in [0, 0.05) is 56.0 Å². The second kappa shape index (κ2) is 9.41. The van der Waals surface area contributed by atoms with Gasteiger partial charge in [0.15, 0.2) is 5.16 Å². The minimum Gasteiger partial charge on any atom is -0.368 e. The number of benzene rings is 1. The smallest absolute Gasteiger partial charge is 0.233 e. The van der Waals surface area contributed by atoms with Crippen LogP contribution in [0, 0.1) is 0 Å². The topological polar surface area (TPSA) is 52.6 Å². The maximum atomic E-state index is 12.3. The Morgan fingerprint density at radius 3 is 2.41 bits per heavy atom. The van der Waals surface area contributed by atoms with Crippen LogP contribution in [0.15, 0.2) is 35.5 Å². The lowest BCUT2D eigenvalue weighted by atomic mass is 10.2. The second-order valence-corrected chi connectivity index (χ2v) is 8.93. The maximum Gasteiger partial charge on any atom is 0.233 e. The van der Waals surface area contributed by atoms with Crippen LogP contribution in [0.3, 0.4) is 0 Å². The van der Waals surface area contributed by atoms with Crippen LogP contribution in [0.5, 0.6) is 0 Å². The van der Waals surface area contributed by atoms with E-state index in [1.165, 1.54) is 11.8 Å². The molecular weight excluding hydrogens is 429 g/mol. The Hall–Kier alpha value is -1.70. The van der Waals surface area contributed by atoms with Crippen LogP contribution in [0.1, 0.15) is 12.8 Å². The molecule has 154 valence electrons. The first-order valence-corrected chi connectivity index (χ1v) is 11.5. The predicted molar refractivity (Wildman–Crippen MR) is 119 cm³/mol. The number of thioether (sulfide) groups is 1. The first-order chi connectivity index (χ1) is 14.1. The molecule has 4 rings (SSSR count). The molecular formula is C20H23Cl2N5OS. The van der Waals surface area contributed by atoms with Crippen molar-refractivity contribution in [3.05, 3.63) is 40.5 Å². The summed E-state index contributed by atoms with van der Waals surface area (Å²) in [6, 6.07) is 9.72. The molecule has 2 aromatic rings. The van der Waals surface area contributed by atoms with Crippen molar-refractivity contribution in [3.8, 4) is 0 Å². The fourth-order valence-corrected chi connectivity index (χ4v) is 4.83. The van der Waals surface area contributed by atoms with Crippen molar-refractivity contribution in [2.24, 2.45) is 0 Å². The van der Waals surface area contributed by atoms with Gasteiger partial charge in [-0.3, -0.25) is 4.79 Å². The van der Waals surface area contributed by atoms with Gasteiger partial charge in [0.25, 0.3) is 0 Å². The van der Waals surface area contributed by atoms with E-state index in [1.54, 1.807) is 6.07 Å². The number of halogens is 2. The Labute approximate surface area is 185 Å². The summed E-state index contributed by atoms with van der Waals surface area (Å²) in [5, 5.41) is 1.71. The molecule has 0 saturated carbocycles. The average Bonchev–Trinajstić information content (AvgIpc) is 3.27. The van der Waals surface area contributed by atoms with E-state index in [2.05, 4.69) is 25.8 Å². The van der Waals surface area contributed by atoms with Gasteiger partial charge in [-0.2, -0.15) is 0 Å². The van der Waals surface area contributed by atoms with E-state index in [-0.39, 0.29) is 5.91 Å². The summed E-state index contributed by atoms with van der Waals surface area (Å²) in [5.74, 6) is 1.31. The van der Waals surface area contributed by atoms with Crippen LogP contribution < -0.4 is 9.80 Å². The van der Waals surface area contributed by atoms with Crippen LogP contribution in [-0.4, -0.2) is 65.8 Å². The molecule has 0 unspecified atom stereocenters. The van der Waals surface area contributed by atoms with E-state index in [0.717, 1.165) is 68.6 Å². The second-order valence-electron chi connectivity index (χ2n) is 7.16. The van der Waals surface area contributed by atoms with Crippen molar-refractivity contribution in [2.45, 2.75) is 18.0 Å². The van der Waals surface area contributed by atoms with Crippen LogP contribution in [0.25, 0.3) is 0 Å². The van der Waals surface area contributed by atoms with E-state index in [9.17, 15) is 4.79 Å².